The zero-order chi connectivity index (χ0) is 15.1. The molecule has 22 heavy (non-hydrogen) atoms. The molecule has 0 spiro atoms. The maximum Gasteiger partial charge on any atom is 0.251 e. The standard InChI is InChI=1S/C18H22N2O2/c1-12-8-14-2-3-15(10-17(14)22-12)18(21)19-16-9-13-4-6-20(11-16)7-5-13/h2-3,8,10,13,16H,4-7,9,11H2,1H3,(H,19,21). The molecule has 4 nitrogen and oxygen atoms in total. The fourth-order valence-corrected chi connectivity index (χ4v) is 3.87. The number of hydrogen-bond acceptors (Lipinski definition) is 3. The zero-order valence-corrected chi connectivity index (χ0v) is 13.0. The fourth-order valence-electron chi connectivity index (χ4n) is 3.87. The number of piperidine rings is 1. The summed E-state index contributed by atoms with van der Waals surface area (Å²) in [6.07, 6.45) is 3.68. The van der Waals surface area contributed by atoms with Crippen LogP contribution in [-0.4, -0.2) is 36.5 Å². The van der Waals surface area contributed by atoms with Gasteiger partial charge in [-0.15, -0.1) is 0 Å². The molecule has 0 saturated carbocycles. The predicted molar refractivity (Wildman–Crippen MR) is 86.0 cm³/mol. The number of furan rings is 1. The molecule has 0 radical (unpaired) electrons. The lowest BCUT2D eigenvalue weighted by Crippen LogP contribution is -2.41. The minimum absolute atomic E-state index is 0.0171. The Hall–Kier alpha value is -1.81. The van der Waals surface area contributed by atoms with Crippen molar-refractivity contribution >= 4 is 16.9 Å². The molecule has 2 bridgehead atoms. The molecule has 3 aliphatic rings. The van der Waals surface area contributed by atoms with E-state index in [4.69, 9.17) is 4.42 Å². The first-order valence-electron chi connectivity index (χ1n) is 8.21. The van der Waals surface area contributed by atoms with Crippen molar-refractivity contribution in [2.45, 2.75) is 32.2 Å². The van der Waals surface area contributed by atoms with E-state index in [2.05, 4.69) is 10.2 Å². The van der Waals surface area contributed by atoms with Gasteiger partial charge in [0.05, 0.1) is 0 Å². The molecule has 3 saturated heterocycles. The summed E-state index contributed by atoms with van der Waals surface area (Å²) < 4.78 is 5.62. The van der Waals surface area contributed by atoms with Crippen molar-refractivity contribution in [1.82, 2.24) is 10.2 Å². The number of nitrogens with one attached hydrogen (secondary N) is 1. The third-order valence-corrected chi connectivity index (χ3v) is 5.04. The summed E-state index contributed by atoms with van der Waals surface area (Å²) in [7, 11) is 0. The summed E-state index contributed by atoms with van der Waals surface area (Å²) in [4.78, 5) is 15.0. The van der Waals surface area contributed by atoms with E-state index in [0.29, 0.717) is 5.56 Å². The number of hydrogen-bond donors (Lipinski definition) is 1. The second kappa shape index (κ2) is 5.43. The SMILES string of the molecule is Cc1cc2ccc(C(=O)NC3CC4CCN(CC4)C3)cc2o1. The Balaban J connectivity index is 1.50. The highest BCUT2D eigenvalue weighted by molar-refractivity contribution is 5.97. The van der Waals surface area contributed by atoms with Gasteiger partial charge in [-0.1, -0.05) is 6.07 Å². The Labute approximate surface area is 130 Å². The van der Waals surface area contributed by atoms with Crippen LogP contribution in [0.5, 0.6) is 0 Å². The molecule has 116 valence electrons. The molecule has 2 aromatic rings. The van der Waals surface area contributed by atoms with Gasteiger partial charge in [0.15, 0.2) is 0 Å². The fraction of sp³-hybridized carbons (Fsp3) is 0.500. The second-order valence-corrected chi connectivity index (χ2v) is 6.76. The Morgan fingerprint density at radius 3 is 2.91 bits per heavy atom. The number of carbonyl (C=O) groups excluding carboxylic acids is 1. The lowest BCUT2D eigenvalue weighted by Gasteiger charge is -2.26. The Kier molecular flexibility index (Phi) is 3.41. The number of amides is 1. The van der Waals surface area contributed by atoms with E-state index in [1.165, 1.54) is 25.9 Å². The minimum atomic E-state index is 0.0171. The minimum Gasteiger partial charge on any atom is -0.461 e. The summed E-state index contributed by atoms with van der Waals surface area (Å²) in [6.45, 7) is 5.29. The van der Waals surface area contributed by atoms with Crippen molar-refractivity contribution < 1.29 is 9.21 Å². The van der Waals surface area contributed by atoms with E-state index in [1.54, 1.807) is 0 Å². The topological polar surface area (TPSA) is 45.5 Å². The van der Waals surface area contributed by atoms with Crippen LogP contribution < -0.4 is 5.32 Å². The molecule has 1 aromatic carbocycles. The molecule has 1 atom stereocenters. The van der Waals surface area contributed by atoms with Crippen molar-refractivity contribution in [1.29, 1.82) is 0 Å². The average Bonchev–Trinajstić information content (AvgIpc) is 2.66. The summed E-state index contributed by atoms with van der Waals surface area (Å²) in [5.74, 6) is 1.67. The maximum atomic E-state index is 12.5. The van der Waals surface area contributed by atoms with Gasteiger partial charge in [-0.25, -0.2) is 0 Å². The molecule has 3 aliphatic heterocycles. The molecule has 1 amide bonds. The molecular formula is C18H22N2O2. The molecular weight excluding hydrogens is 276 g/mol. The van der Waals surface area contributed by atoms with Gasteiger partial charge in [0.2, 0.25) is 0 Å². The predicted octanol–water partition coefficient (Wildman–Crippen LogP) is 2.96. The van der Waals surface area contributed by atoms with Crippen molar-refractivity contribution in [2.75, 3.05) is 19.6 Å². The molecule has 4 heterocycles. The molecule has 4 heteroatoms. The van der Waals surface area contributed by atoms with Crippen LogP contribution in [-0.2, 0) is 0 Å². The van der Waals surface area contributed by atoms with Gasteiger partial charge in [-0.2, -0.15) is 0 Å². The lowest BCUT2D eigenvalue weighted by molar-refractivity contribution is 0.0929. The van der Waals surface area contributed by atoms with E-state index in [9.17, 15) is 4.79 Å². The van der Waals surface area contributed by atoms with Gasteiger partial charge in [0, 0.05) is 23.5 Å². The highest BCUT2D eigenvalue weighted by atomic mass is 16.3. The van der Waals surface area contributed by atoms with Crippen molar-refractivity contribution in [2.24, 2.45) is 5.92 Å². The molecule has 5 rings (SSSR count). The van der Waals surface area contributed by atoms with E-state index in [-0.39, 0.29) is 11.9 Å². The van der Waals surface area contributed by atoms with E-state index in [1.807, 2.05) is 31.2 Å². The Morgan fingerprint density at radius 2 is 2.09 bits per heavy atom. The van der Waals surface area contributed by atoms with Gasteiger partial charge in [0.25, 0.3) is 5.91 Å². The molecule has 1 unspecified atom stereocenters. The third-order valence-electron chi connectivity index (χ3n) is 5.04. The normalized spacial score (nSPS) is 27.8. The van der Waals surface area contributed by atoms with Crippen molar-refractivity contribution in [3.63, 3.8) is 0 Å². The third kappa shape index (κ3) is 2.63. The lowest BCUT2D eigenvalue weighted by atomic mass is 9.94. The number of fused-ring (bicyclic) bond motifs is 5. The van der Waals surface area contributed by atoms with Crippen LogP contribution in [0, 0.1) is 12.8 Å². The van der Waals surface area contributed by atoms with E-state index < -0.39 is 0 Å². The zero-order valence-electron chi connectivity index (χ0n) is 13.0. The molecule has 0 aliphatic carbocycles. The average molecular weight is 298 g/mol. The highest BCUT2D eigenvalue weighted by Gasteiger charge is 2.29. The van der Waals surface area contributed by atoms with Gasteiger partial charge >= 0.3 is 0 Å². The number of nitrogens with zero attached hydrogens (tertiary/aromatic N) is 1. The number of benzene rings is 1. The van der Waals surface area contributed by atoms with E-state index in [0.717, 1.165) is 35.6 Å². The van der Waals surface area contributed by atoms with Crippen molar-refractivity contribution in [3.8, 4) is 0 Å². The first kappa shape index (κ1) is 13.8. The van der Waals surface area contributed by atoms with Crippen LogP contribution in [0.1, 0.15) is 35.4 Å². The molecule has 1 aromatic heterocycles. The quantitative estimate of drug-likeness (QED) is 0.927. The maximum absolute atomic E-state index is 12.5. The van der Waals surface area contributed by atoms with Crippen LogP contribution in [0.3, 0.4) is 0 Å². The van der Waals surface area contributed by atoms with Gasteiger partial charge < -0.3 is 14.6 Å². The smallest absolute Gasteiger partial charge is 0.251 e. The van der Waals surface area contributed by atoms with Crippen LogP contribution in [0.4, 0.5) is 0 Å². The van der Waals surface area contributed by atoms with Crippen LogP contribution in [0.15, 0.2) is 28.7 Å². The number of aryl methyl sites for hydroxylation is 1. The van der Waals surface area contributed by atoms with Gasteiger partial charge in [0.1, 0.15) is 11.3 Å². The monoisotopic (exact) mass is 298 g/mol. The number of rotatable bonds is 2. The van der Waals surface area contributed by atoms with Crippen LogP contribution in [0.2, 0.25) is 0 Å². The summed E-state index contributed by atoms with van der Waals surface area (Å²) >= 11 is 0. The number of carbonyl (C=O) groups is 1. The second-order valence-electron chi connectivity index (χ2n) is 6.76. The van der Waals surface area contributed by atoms with Crippen LogP contribution >= 0.6 is 0 Å². The molecule has 3 fully saturated rings. The van der Waals surface area contributed by atoms with Crippen molar-refractivity contribution in [3.05, 3.63) is 35.6 Å². The largest absolute Gasteiger partial charge is 0.461 e. The van der Waals surface area contributed by atoms with E-state index >= 15 is 0 Å². The first-order chi connectivity index (χ1) is 10.7. The summed E-state index contributed by atoms with van der Waals surface area (Å²) in [6, 6.07) is 7.96. The highest BCUT2D eigenvalue weighted by Crippen LogP contribution is 2.27. The summed E-state index contributed by atoms with van der Waals surface area (Å²) in [5.41, 5.74) is 1.48. The Morgan fingerprint density at radius 1 is 1.27 bits per heavy atom. The summed E-state index contributed by atoms with van der Waals surface area (Å²) in [5, 5.41) is 4.27. The van der Waals surface area contributed by atoms with Crippen LogP contribution in [0.25, 0.3) is 11.0 Å². The first-order valence-corrected chi connectivity index (χ1v) is 8.21. The van der Waals surface area contributed by atoms with Gasteiger partial charge in [-0.3, -0.25) is 4.79 Å². The molecule has 1 N–H and O–H groups in total. The Bertz CT molecular complexity index is 684. The van der Waals surface area contributed by atoms with Gasteiger partial charge in [-0.05, 0) is 63.4 Å².